The number of halogens is 1. The van der Waals surface area contributed by atoms with Gasteiger partial charge in [0, 0.05) is 36.6 Å². The van der Waals surface area contributed by atoms with Gasteiger partial charge >= 0.3 is 0 Å². The molecule has 23 heavy (non-hydrogen) atoms. The summed E-state index contributed by atoms with van der Waals surface area (Å²) in [5.41, 5.74) is 0. The number of aliphatic imine (C=N–C) groups is 1. The number of guanidine groups is 1. The summed E-state index contributed by atoms with van der Waals surface area (Å²) in [6, 6.07) is 0. The Morgan fingerprint density at radius 2 is 2.04 bits per heavy atom. The van der Waals surface area contributed by atoms with E-state index in [1.807, 2.05) is 13.1 Å². The zero-order valence-electron chi connectivity index (χ0n) is 13.7. The highest BCUT2D eigenvalue weighted by Crippen LogP contribution is 2.28. The van der Waals surface area contributed by atoms with Gasteiger partial charge in [-0.2, -0.15) is 0 Å². The van der Waals surface area contributed by atoms with E-state index in [0.717, 1.165) is 36.8 Å². The summed E-state index contributed by atoms with van der Waals surface area (Å²) in [5, 5.41) is 10.4. The molecule has 0 saturated heterocycles. The third kappa shape index (κ3) is 7.47. The van der Waals surface area contributed by atoms with Crippen LogP contribution in [-0.4, -0.2) is 36.5 Å². The molecule has 1 saturated carbocycles. The van der Waals surface area contributed by atoms with E-state index >= 15 is 0 Å². The summed E-state index contributed by atoms with van der Waals surface area (Å²) < 4.78 is 0. The van der Waals surface area contributed by atoms with E-state index in [1.54, 1.807) is 11.3 Å². The second-order valence-electron chi connectivity index (χ2n) is 5.26. The third-order valence-corrected chi connectivity index (χ3v) is 4.46. The van der Waals surface area contributed by atoms with Crippen molar-refractivity contribution in [2.45, 2.75) is 39.7 Å². The number of rotatable bonds is 8. The SMILES string of the molecule is CCNC(=NCc1ncc(CC)s1)NCCNC(=O)C1CC1.I. The maximum atomic E-state index is 11.5. The van der Waals surface area contributed by atoms with Crippen molar-refractivity contribution in [3.63, 3.8) is 0 Å². The molecular formula is C15H26IN5OS. The Balaban J connectivity index is 0.00000264. The van der Waals surface area contributed by atoms with Gasteiger partial charge in [-0.25, -0.2) is 9.98 Å². The van der Waals surface area contributed by atoms with Crippen LogP contribution in [0.2, 0.25) is 0 Å². The fourth-order valence-electron chi connectivity index (χ4n) is 1.93. The molecule has 3 N–H and O–H groups in total. The standard InChI is InChI=1S/C15H25N5OS.HI/c1-3-12-9-19-13(22-12)10-20-15(16-4-2)18-8-7-17-14(21)11-5-6-11;/h9,11H,3-8,10H2,1-2H3,(H,17,21)(H2,16,18,20);1H. The summed E-state index contributed by atoms with van der Waals surface area (Å²) in [6.07, 6.45) is 5.01. The molecule has 1 heterocycles. The van der Waals surface area contributed by atoms with Gasteiger partial charge in [-0.05, 0) is 26.2 Å². The van der Waals surface area contributed by atoms with Crippen LogP contribution >= 0.6 is 35.3 Å². The number of hydrogen-bond acceptors (Lipinski definition) is 4. The quantitative estimate of drug-likeness (QED) is 0.244. The lowest BCUT2D eigenvalue weighted by Gasteiger charge is -2.11. The number of amides is 1. The number of nitrogens with zero attached hydrogens (tertiary/aromatic N) is 2. The molecule has 2 rings (SSSR count). The van der Waals surface area contributed by atoms with Gasteiger partial charge in [-0.3, -0.25) is 4.79 Å². The molecular weight excluding hydrogens is 425 g/mol. The summed E-state index contributed by atoms with van der Waals surface area (Å²) in [5.74, 6) is 1.20. The first-order valence-electron chi connectivity index (χ1n) is 7.96. The average molecular weight is 451 g/mol. The Labute approximate surface area is 159 Å². The molecule has 8 heteroatoms. The van der Waals surface area contributed by atoms with Crippen LogP contribution in [0, 0.1) is 5.92 Å². The van der Waals surface area contributed by atoms with E-state index in [9.17, 15) is 4.79 Å². The molecule has 1 aliphatic carbocycles. The van der Waals surface area contributed by atoms with Gasteiger partial charge in [-0.15, -0.1) is 35.3 Å². The fraction of sp³-hybridized carbons (Fsp3) is 0.667. The molecule has 1 aliphatic rings. The molecule has 1 aromatic rings. The lowest BCUT2D eigenvalue weighted by Crippen LogP contribution is -2.41. The van der Waals surface area contributed by atoms with Crippen LogP contribution in [-0.2, 0) is 17.8 Å². The van der Waals surface area contributed by atoms with E-state index in [2.05, 4.69) is 32.9 Å². The molecule has 0 spiro atoms. The lowest BCUT2D eigenvalue weighted by atomic mass is 10.4. The molecule has 0 atom stereocenters. The normalized spacial score (nSPS) is 14.1. The van der Waals surface area contributed by atoms with Crippen LogP contribution in [0.5, 0.6) is 0 Å². The van der Waals surface area contributed by atoms with Crippen molar-refractivity contribution < 1.29 is 4.79 Å². The number of hydrogen-bond donors (Lipinski definition) is 3. The zero-order valence-corrected chi connectivity index (χ0v) is 16.9. The molecule has 0 bridgehead atoms. The number of carbonyl (C=O) groups excluding carboxylic acids is 1. The first-order valence-corrected chi connectivity index (χ1v) is 8.78. The van der Waals surface area contributed by atoms with Gasteiger partial charge in [-0.1, -0.05) is 6.92 Å². The van der Waals surface area contributed by atoms with E-state index in [-0.39, 0.29) is 35.8 Å². The van der Waals surface area contributed by atoms with Crippen molar-refractivity contribution in [2.75, 3.05) is 19.6 Å². The summed E-state index contributed by atoms with van der Waals surface area (Å²) in [6.45, 7) is 6.83. The van der Waals surface area contributed by atoms with Crippen molar-refractivity contribution in [1.82, 2.24) is 20.9 Å². The van der Waals surface area contributed by atoms with Crippen LogP contribution in [0.3, 0.4) is 0 Å². The Morgan fingerprint density at radius 1 is 1.30 bits per heavy atom. The number of nitrogens with one attached hydrogen (secondary N) is 3. The maximum absolute atomic E-state index is 11.5. The summed E-state index contributed by atoms with van der Waals surface area (Å²) in [7, 11) is 0. The first kappa shape index (κ1) is 20.1. The van der Waals surface area contributed by atoms with E-state index in [4.69, 9.17) is 0 Å². The molecule has 1 amide bonds. The van der Waals surface area contributed by atoms with Gasteiger partial charge in [0.25, 0.3) is 0 Å². The topological polar surface area (TPSA) is 78.4 Å². The molecule has 0 aromatic carbocycles. The van der Waals surface area contributed by atoms with Gasteiger partial charge in [0.15, 0.2) is 5.96 Å². The van der Waals surface area contributed by atoms with E-state index in [0.29, 0.717) is 19.6 Å². The Kier molecular flexibility index (Phi) is 9.46. The smallest absolute Gasteiger partial charge is 0.223 e. The lowest BCUT2D eigenvalue weighted by molar-refractivity contribution is -0.122. The fourth-order valence-corrected chi connectivity index (χ4v) is 2.72. The van der Waals surface area contributed by atoms with Gasteiger partial charge < -0.3 is 16.0 Å². The highest BCUT2D eigenvalue weighted by molar-refractivity contribution is 14.0. The second-order valence-corrected chi connectivity index (χ2v) is 6.46. The van der Waals surface area contributed by atoms with Crippen LogP contribution in [0.1, 0.15) is 36.6 Å². The molecule has 6 nitrogen and oxygen atoms in total. The molecule has 0 aliphatic heterocycles. The van der Waals surface area contributed by atoms with Gasteiger partial charge in [0.1, 0.15) is 5.01 Å². The number of aryl methyl sites for hydroxylation is 1. The highest BCUT2D eigenvalue weighted by atomic mass is 127. The predicted octanol–water partition coefficient (Wildman–Crippen LogP) is 1.90. The average Bonchev–Trinajstić information content (AvgIpc) is 3.28. The largest absolute Gasteiger partial charge is 0.357 e. The molecule has 0 unspecified atom stereocenters. The van der Waals surface area contributed by atoms with Crippen LogP contribution in [0.15, 0.2) is 11.2 Å². The second kappa shape index (κ2) is 10.8. The van der Waals surface area contributed by atoms with Crippen molar-refractivity contribution in [1.29, 1.82) is 0 Å². The molecule has 1 aromatic heterocycles. The predicted molar refractivity (Wildman–Crippen MR) is 105 cm³/mol. The van der Waals surface area contributed by atoms with Crippen molar-refractivity contribution in [2.24, 2.45) is 10.9 Å². The Morgan fingerprint density at radius 3 is 2.65 bits per heavy atom. The number of aromatic nitrogens is 1. The van der Waals surface area contributed by atoms with Crippen molar-refractivity contribution in [3.05, 3.63) is 16.1 Å². The number of carbonyl (C=O) groups is 1. The first-order chi connectivity index (χ1) is 10.7. The van der Waals surface area contributed by atoms with Crippen LogP contribution in [0.25, 0.3) is 0 Å². The minimum absolute atomic E-state index is 0. The van der Waals surface area contributed by atoms with E-state index < -0.39 is 0 Å². The maximum Gasteiger partial charge on any atom is 0.223 e. The minimum Gasteiger partial charge on any atom is -0.357 e. The van der Waals surface area contributed by atoms with Gasteiger partial charge in [0.05, 0.1) is 6.54 Å². The van der Waals surface area contributed by atoms with Crippen molar-refractivity contribution >= 4 is 47.2 Å². The Hall–Kier alpha value is -0.900. The monoisotopic (exact) mass is 451 g/mol. The van der Waals surface area contributed by atoms with Crippen LogP contribution < -0.4 is 16.0 Å². The van der Waals surface area contributed by atoms with E-state index in [1.165, 1.54) is 4.88 Å². The zero-order chi connectivity index (χ0) is 15.8. The van der Waals surface area contributed by atoms with Crippen LogP contribution in [0.4, 0.5) is 0 Å². The molecule has 0 radical (unpaired) electrons. The van der Waals surface area contributed by atoms with Crippen molar-refractivity contribution in [3.8, 4) is 0 Å². The highest BCUT2D eigenvalue weighted by Gasteiger charge is 2.28. The van der Waals surface area contributed by atoms with Gasteiger partial charge in [0.2, 0.25) is 5.91 Å². The Bertz CT molecular complexity index is 516. The third-order valence-electron chi connectivity index (χ3n) is 3.33. The minimum atomic E-state index is 0. The molecule has 1 fully saturated rings. The summed E-state index contributed by atoms with van der Waals surface area (Å²) in [4.78, 5) is 21.7. The number of thiazole rings is 1. The summed E-state index contributed by atoms with van der Waals surface area (Å²) >= 11 is 1.70. The molecule has 130 valence electrons.